The molecule has 2 N–H and O–H groups in total. The van der Waals surface area contributed by atoms with Crippen LogP contribution < -0.4 is 9.62 Å². The molecule has 0 saturated carbocycles. The third kappa shape index (κ3) is 5.27. The maximum atomic E-state index is 13.3. The van der Waals surface area contributed by atoms with Crippen LogP contribution in [0.3, 0.4) is 0 Å². The number of carboxylic acids is 1. The summed E-state index contributed by atoms with van der Waals surface area (Å²) < 4.78 is 76.9. The van der Waals surface area contributed by atoms with Crippen LogP contribution in [0.5, 0.6) is 0 Å². The average molecular weight is 479 g/mol. The van der Waals surface area contributed by atoms with Crippen molar-refractivity contribution < 1.29 is 26.5 Å². The van der Waals surface area contributed by atoms with Gasteiger partial charge in [-0.3, -0.25) is 9.10 Å². The van der Waals surface area contributed by atoms with Crippen LogP contribution in [0.15, 0.2) is 47.4 Å². The second-order valence-electron chi connectivity index (χ2n) is 6.40. The number of sulfonamides is 1. The highest BCUT2D eigenvalue weighted by Crippen LogP contribution is 2.40. The molecular weight excluding hydrogens is 447 g/mol. The molecule has 2 aromatic carbocycles. The van der Waals surface area contributed by atoms with Gasteiger partial charge in [-0.25, -0.2) is 8.42 Å². The monoisotopic (exact) mass is 478 g/mol. The maximum absolute atomic E-state index is 13.3. The van der Waals surface area contributed by atoms with Gasteiger partial charge in [0.2, 0.25) is 0 Å². The van der Waals surface area contributed by atoms with Gasteiger partial charge in [0.15, 0.2) is 0 Å². The van der Waals surface area contributed by atoms with Gasteiger partial charge < -0.3 is 10.4 Å². The minimum atomic E-state index is -4.02. The van der Waals surface area contributed by atoms with E-state index in [-0.39, 0.29) is 27.9 Å². The summed E-state index contributed by atoms with van der Waals surface area (Å²) >= 11 is 6.08. The van der Waals surface area contributed by atoms with Gasteiger partial charge >= 0.3 is 5.97 Å². The number of benzene rings is 2. The zero-order valence-corrected chi connectivity index (χ0v) is 18.4. The lowest BCUT2D eigenvalue weighted by molar-refractivity contribution is -0.137. The third-order valence-corrected chi connectivity index (χ3v) is 6.61. The van der Waals surface area contributed by atoms with E-state index in [1.54, 1.807) is 24.3 Å². The Bertz CT molecular complexity index is 1250. The van der Waals surface area contributed by atoms with Crippen LogP contribution in [0.1, 0.15) is 57.4 Å². The molecule has 0 aliphatic carbocycles. The summed E-state index contributed by atoms with van der Waals surface area (Å²) in [5.74, 6) is -1.32. The minimum Gasteiger partial charge on any atom is -0.481 e. The summed E-state index contributed by atoms with van der Waals surface area (Å²) in [5.41, 5.74) is 1.10. The smallest absolute Gasteiger partial charge is 0.303 e. The van der Waals surface area contributed by atoms with Crippen LogP contribution in [0.2, 0.25) is 5.02 Å². The predicted molar refractivity (Wildman–Crippen MR) is 121 cm³/mol. The summed E-state index contributed by atoms with van der Waals surface area (Å²) in [6, 6.07) is 9.99. The van der Waals surface area contributed by atoms with Crippen molar-refractivity contribution in [1.82, 2.24) is 5.32 Å². The first-order valence-electron chi connectivity index (χ1n) is 11.9. The van der Waals surface area contributed by atoms with Gasteiger partial charge in [0, 0.05) is 26.7 Å². The number of nitrogens with one attached hydrogen (secondary N) is 1. The number of aliphatic carboxylic acids is 1. The largest absolute Gasteiger partial charge is 0.481 e. The van der Waals surface area contributed by atoms with E-state index in [1.807, 2.05) is 0 Å². The van der Waals surface area contributed by atoms with Gasteiger partial charge in [-0.05, 0) is 48.7 Å². The first kappa shape index (κ1) is 16.8. The quantitative estimate of drug-likeness (QED) is 0.577. The Balaban J connectivity index is 0.00000456. The number of hydrogen-bond acceptors (Lipinski definition) is 4. The van der Waals surface area contributed by atoms with E-state index in [4.69, 9.17) is 24.9 Å². The minimum absolute atomic E-state index is 0. The number of nitrogens with zero attached hydrogens (tertiary/aromatic N) is 1. The molecule has 0 fully saturated rings. The molecule has 0 radical (unpaired) electrons. The van der Waals surface area contributed by atoms with E-state index >= 15 is 0 Å². The lowest BCUT2D eigenvalue weighted by atomic mass is 9.96. The second kappa shape index (κ2) is 10.5. The van der Waals surface area contributed by atoms with E-state index in [0.717, 1.165) is 4.31 Å². The predicted octanol–water partition coefficient (Wildman–Crippen LogP) is 4.61. The summed E-state index contributed by atoms with van der Waals surface area (Å²) in [5, 5.41) is 11.9. The lowest BCUT2D eigenvalue weighted by Gasteiger charge is -2.22. The number of carbonyl (C=O) groups is 1. The molecule has 0 amide bonds. The van der Waals surface area contributed by atoms with Gasteiger partial charge in [-0.1, -0.05) is 48.6 Å². The fourth-order valence-electron chi connectivity index (χ4n) is 3.14. The van der Waals surface area contributed by atoms with Gasteiger partial charge in [0.1, 0.15) is 0 Å². The van der Waals surface area contributed by atoms with Gasteiger partial charge in [-0.15, -0.1) is 12.4 Å². The Morgan fingerprint density at radius 1 is 1.20 bits per heavy atom. The summed E-state index contributed by atoms with van der Waals surface area (Å²) in [6.07, 6.45) is -10.0. The molecule has 30 heavy (non-hydrogen) atoms. The molecule has 1 heterocycles. The zero-order valence-electron chi connectivity index (χ0n) is 22.1. The number of para-hydroxylation sites is 1. The molecule has 1 unspecified atom stereocenters. The van der Waals surface area contributed by atoms with Crippen molar-refractivity contribution in [2.45, 2.75) is 42.9 Å². The average Bonchev–Trinajstić information content (AvgIpc) is 2.83. The molecule has 0 bridgehead atoms. The van der Waals surface area contributed by atoms with Crippen molar-refractivity contribution in [2.75, 3.05) is 17.9 Å². The standard InChI is InChI=1S/C21H25ClN2O4S.ClH/c1-24-18-9-6-5-8-16(18)21(23-13-7-3-2-4-10-20(25)26)17-12-11-15(22)14-19(17)29(24,27)28;/h5-6,8-9,11-12,14,21,23H,2-4,7,10,13H2,1H3,(H,25,26);1H/i2D2,3D2,7D2;. The highest BCUT2D eigenvalue weighted by Gasteiger charge is 2.34. The van der Waals surface area contributed by atoms with E-state index in [0.29, 0.717) is 11.3 Å². The topological polar surface area (TPSA) is 86.7 Å². The van der Waals surface area contributed by atoms with E-state index in [2.05, 4.69) is 5.32 Å². The van der Waals surface area contributed by atoms with E-state index in [1.165, 1.54) is 25.2 Å². The molecule has 9 heteroatoms. The molecular formula is C21H26Cl2N2O4S. The Labute approximate surface area is 197 Å². The van der Waals surface area contributed by atoms with Crippen LogP contribution in [0.25, 0.3) is 0 Å². The van der Waals surface area contributed by atoms with Gasteiger partial charge in [-0.2, -0.15) is 0 Å². The third-order valence-electron chi connectivity index (χ3n) is 4.55. The first-order valence-corrected chi connectivity index (χ1v) is 10.7. The summed E-state index contributed by atoms with van der Waals surface area (Å²) in [4.78, 5) is 10.8. The number of halogens is 2. The first-order chi connectivity index (χ1) is 16.0. The van der Waals surface area contributed by atoms with E-state index < -0.39 is 60.5 Å². The molecule has 0 spiro atoms. The molecule has 0 saturated heterocycles. The second-order valence-corrected chi connectivity index (χ2v) is 8.77. The Kier molecular flexibility index (Phi) is 5.88. The highest BCUT2D eigenvalue weighted by atomic mass is 35.5. The van der Waals surface area contributed by atoms with Crippen LogP contribution in [0, 0.1) is 0 Å². The van der Waals surface area contributed by atoms with Gasteiger partial charge in [0.25, 0.3) is 10.0 Å². The molecule has 0 aromatic heterocycles. The number of anilines is 1. The van der Waals surface area contributed by atoms with Crippen molar-refractivity contribution in [3.63, 3.8) is 0 Å². The normalized spacial score (nSPS) is 21.1. The summed E-state index contributed by atoms with van der Waals surface area (Å²) in [7, 11) is -2.64. The summed E-state index contributed by atoms with van der Waals surface area (Å²) in [6.45, 7) is -0.697. The fourth-order valence-corrected chi connectivity index (χ4v) is 4.86. The van der Waals surface area contributed by atoms with Crippen LogP contribution >= 0.6 is 24.0 Å². The highest BCUT2D eigenvalue weighted by molar-refractivity contribution is 7.92. The molecule has 164 valence electrons. The van der Waals surface area contributed by atoms with Crippen molar-refractivity contribution in [3.8, 4) is 0 Å². The van der Waals surface area contributed by atoms with E-state index in [9.17, 15) is 13.2 Å². The van der Waals surface area contributed by atoms with Crippen molar-refractivity contribution in [1.29, 1.82) is 0 Å². The molecule has 1 atom stereocenters. The zero-order chi connectivity index (χ0) is 26.4. The van der Waals surface area contributed by atoms with Crippen LogP contribution in [-0.2, 0) is 14.8 Å². The SMILES string of the molecule is Cl.[2H]C([2H])(CCC(=O)O)C([2H])([2H])C([2H])([2H])CNC1c2ccccc2N(C)S(=O)(=O)c2cc(Cl)ccc21. The van der Waals surface area contributed by atoms with Crippen molar-refractivity contribution >= 4 is 45.7 Å². The van der Waals surface area contributed by atoms with Crippen molar-refractivity contribution in [3.05, 3.63) is 58.6 Å². The van der Waals surface area contributed by atoms with Crippen LogP contribution in [0.4, 0.5) is 5.69 Å². The molecule has 1 aliphatic rings. The molecule has 6 nitrogen and oxygen atoms in total. The number of carboxylic acid groups (broad SMARTS) is 1. The number of rotatable bonds is 8. The van der Waals surface area contributed by atoms with Gasteiger partial charge in [0.05, 0.1) is 16.6 Å². The maximum Gasteiger partial charge on any atom is 0.303 e. The van der Waals surface area contributed by atoms with Crippen LogP contribution in [-0.4, -0.2) is 33.1 Å². The number of hydrogen-bond donors (Lipinski definition) is 2. The molecule has 3 rings (SSSR count). The van der Waals surface area contributed by atoms with Crippen molar-refractivity contribution in [2.24, 2.45) is 0 Å². The Hall–Kier alpha value is -1.80. The lowest BCUT2D eigenvalue weighted by Crippen LogP contribution is -2.26. The Morgan fingerprint density at radius 2 is 1.93 bits per heavy atom. The molecule has 2 aromatic rings. The fraction of sp³-hybridized carbons (Fsp3) is 0.381. The number of fused-ring (bicyclic) bond motifs is 2. The molecule has 1 aliphatic heterocycles. The Morgan fingerprint density at radius 3 is 2.67 bits per heavy atom.